The Morgan fingerprint density at radius 3 is 2.44 bits per heavy atom. The molecule has 2 amide bonds. The van der Waals surface area contributed by atoms with Crippen LogP contribution in [0.15, 0.2) is 48.5 Å². The summed E-state index contributed by atoms with van der Waals surface area (Å²) in [6.45, 7) is 3.01. The standard InChI is InChI=1S/C22H28N4O7S/c1-5-23-22(28)16(2)24(14-17-8-6-11-20(12-17)33-3)21(27)15-25(34(4,31)32)18-9-7-10-19(13-18)26(29)30/h6-13,16H,5,14-15H2,1-4H3,(H,23,28). The molecule has 0 spiro atoms. The number of amides is 2. The lowest BCUT2D eigenvalue weighted by atomic mass is 10.1. The van der Waals surface area contributed by atoms with Crippen molar-refractivity contribution in [2.45, 2.75) is 26.4 Å². The predicted octanol–water partition coefficient (Wildman–Crippen LogP) is 1.92. The molecule has 1 N–H and O–H groups in total. The highest BCUT2D eigenvalue weighted by molar-refractivity contribution is 7.92. The van der Waals surface area contributed by atoms with Crippen molar-refractivity contribution in [1.82, 2.24) is 10.2 Å². The monoisotopic (exact) mass is 492 g/mol. The summed E-state index contributed by atoms with van der Waals surface area (Å²) in [6.07, 6.45) is 0.902. The second-order valence-electron chi connectivity index (χ2n) is 7.49. The van der Waals surface area contributed by atoms with Gasteiger partial charge in [0, 0.05) is 25.2 Å². The zero-order valence-electron chi connectivity index (χ0n) is 19.4. The molecule has 0 saturated heterocycles. The molecular formula is C22H28N4O7S. The van der Waals surface area contributed by atoms with Crippen LogP contribution < -0.4 is 14.4 Å². The maximum absolute atomic E-state index is 13.4. The quantitative estimate of drug-likeness (QED) is 0.373. The van der Waals surface area contributed by atoms with Gasteiger partial charge < -0.3 is 15.0 Å². The van der Waals surface area contributed by atoms with E-state index in [4.69, 9.17) is 4.74 Å². The van der Waals surface area contributed by atoms with E-state index in [1.807, 2.05) is 0 Å². The lowest BCUT2D eigenvalue weighted by Crippen LogP contribution is -2.51. The van der Waals surface area contributed by atoms with E-state index >= 15 is 0 Å². The Morgan fingerprint density at radius 2 is 1.85 bits per heavy atom. The number of carbonyl (C=O) groups is 2. The van der Waals surface area contributed by atoms with E-state index in [1.165, 1.54) is 30.2 Å². The molecule has 12 heteroatoms. The fourth-order valence-corrected chi connectivity index (χ4v) is 4.09. The Balaban J connectivity index is 2.43. The molecule has 0 aliphatic rings. The van der Waals surface area contributed by atoms with Crippen molar-refractivity contribution in [3.63, 3.8) is 0 Å². The first-order valence-electron chi connectivity index (χ1n) is 10.4. The van der Waals surface area contributed by atoms with E-state index in [0.717, 1.165) is 16.6 Å². The molecule has 0 saturated carbocycles. The van der Waals surface area contributed by atoms with Crippen LogP contribution >= 0.6 is 0 Å². The SMILES string of the molecule is CCNC(=O)C(C)N(Cc1cccc(OC)c1)C(=O)CN(c1cccc([N+](=O)[O-])c1)S(C)(=O)=O. The number of methoxy groups -OCH3 is 1. The molecule has 1 unspecified atom stereocenters. The highest BCUT2D eigenvalue weighted by Gasteiger charge is 2.30. The van der Waals surface area contributed by atoms with E-state index in [-0.39, 0.29) is 17.9 Å². The van der Waals surface area contributed by atoms with Gasteiger partial charge in [-0.1, -0.05) is 18.2 Å². The number of hydrogen-bond donors (Lipinski definition) is 1. The molecule has 0 radical (unpaired) electrons. The highest BCUT2D eigenvalue weighted by atomic mass is 32.2. The summed E-state index contributed by atoms with van der Waals surface area (Å²) in [5.41, 5.74) is 0.324. The third kappa shape index (κ3) is 6.91. The second-order valence-corrected chi connectivity index (χ2v) is 9.40. The summed E-state index contributed by atoms with van der Waals surface area (Å²) in [5.74, 6) is -0.497. The molecule has 0 aliphatic carbocycles. The van der Waals surface area contributed by atoms with Gasteiger partial charge in [-0.25, -0.2) is 8.42 Å². The number of ether oxygens (including phenoxy) is 1. The fraction of sp³-hybridized carbons (Fsp3) is 0.364. The van der Waals surface area contributed by atoms with Crippen LogP contribution in [0.3, 0.4) is 0 Å². The summed E-state index contributed by atoms with van der Waals surface area (Å²) < 4.78 is 31.0. The molecule has 0 aliphatic heterocycles. The van der Waals surface area contributed by atoms with Gasteiger partial charge >= 0.3 is 0 Å². The van der Waals surface area contributed by atoms with Crippen LogP contribution in [-0.4, -0.2) is 62.6 Å². The number of hydrogen-bond acceptors (Lipinski definition) is 7. The van der Waals surface area contributed by atoms with Crippen LogP contribution in [0.5, 0.6) is 5.75 Å². The van der Waals surface area contributed by atoms with Gasteiger partial charge in [-0.3, -0.25) is 24.0 Å². The molecule has 0 fully saturated rings. The van der Waals surface area contributed by atoms with E-state index in [2.05, 4.69) is 5.32 Å². The fourth-order valence-electron chi connectivity index (χ4n) is 3.25. The number of nitro benzene ring substituents is 1. The minimum absolute atomic E-state index is 0.0148. The number of sulfonamides is 1. The topological polar surface area (TPSA) is 139 Å². The largest absolute Gasteiger partial charge is 0.497 e. The van der Waals surface area contributed by atoms with E-state index in [9.17, 15) is 28.1 Å². The Labute approximate surface area is 198 Å². The Morgan fingerprint density at radius 1 is 1.18 bits per heavy atom. The van der Waals surface area contributed by atoms with Crippen LogP contribution in [-0.2, 0) is 26.2 Å². The van der Waals surface area contributed by atoms with Gasteiger partial charge in [0.25, 0.3) is 5.69 Å². The van der Waals surface area contributed by atoms with Gasteiger partial charge in [-0.05, 0) is 37.6 Å². The molecule has 184 valence electrons. The molecular weight excluding hydrogens is 464 g/mol. The number of nitrogens with one attached hydrogen (secondary N) is 1. The smallest absolute Gasteiger partial charge is 0.271 e. The Kier molecular flexibility index (Phi) is 8.96. The van der Waals surface area contributed by atoms with Crippen molar-refractivity contribution in [2.75, 3.05) is 30.8 Å². The second kappa shape index (κ2) is 11.5. The van der Waals surface area contributed by atoms with Crippen LogP contribution in [0.2, 0.25) is 0 Å². The molecule has 2 aromatic carbocycles. The number of nitrogens with zero attached hydrogens (tertiary/aromatic N) is 3. The lowest BCUT2D eigenvalue weighted by molar-refractivity contribution is -0.384. The van der Waals surface area contributed by atoms with Gasteiger partial charge in [0.2, 0.25) is 21.8 Å². The lowest BCUT2D eigenvalue weighted by Gasteiger charge is -2.31. The van der Waals surface area contributed by atoms with Crippen molar-refractivity contribution in [1.29, 1.82) is 0 Å². The number of likely N-dealkylation sites (N-methyl/N-ethyl adjacent to an activating group) is 1. The van der Waals surface area contributed by atoms with Gasteiger partial charge in [0.15, 0.2) is 0 Å². The number of nitro groups is 1. The third-order valence-corrected chi connectivity index (χ3v) is 6.15. The molecule has 0 bridgehead atoms. The normalized spacial score (nSPS) is 11.9. The molecule has 1 atom stereocenters. The summed E-state index contributed by atoms with van der Waals surface area (Å²) >= 11 is 0. The zero-order valence-corrected chi connectivity index (χ0v) is 20.2. The van der Waals surface area contributed by atoms with Crippen LogP contribution in [0.4, 0.5) is 11.4 Å². The summed E-state index contributed by atoms with van der Waals surface area (Å²) in [7, 11) is -2.48. The number of non-ortho nitro benzene ring substituents is 1. The molecule has 34 heavy (non-hydrogen) atoms. The highest BCUT2D eigenvalue weighted by Crippen LogP contribution is 2.24. The van der Waals surface area contributed by atoms with Crippen molar-refractivity contribution in [2.24, 2.45) is 0 Å². The summed E-state index contributed by atoms with van der Waals surface area (Å²) in [4.78, 5) is 37.7. The molecule has 0 aromatic heterocycles. The van der Waals surface area contributed by atoms with Crippen LogP contribution in [0.25, 0.3) is 0 Å². The molecule has 2 rings (SSSR count). The van der Waals surface area contributed by atoms with Gasteiger partial charge in [-0.15, -0.1) is 0 Å². The van der Waals surface area contributed by atoms with E-state index in [0.29, 0.717) is 17.9 Å². The number of anilines is 1. The van der Waals surface area contributed by atoms with Crippen molar-refractivity contribution >= 4 is 33.2 Å². The number of benzene rings is 2. The average molecular weight is 493 g/mol. The van der Waals surface area contributed by atoms with Crippen LogP contribution in [0, 0.1) is 10.1 Å². The number of rotatable bonds is 11. The minimum Gasteiger partial charge on any atom is -0.497 e. The maximum atomic E-state index is 13.4. The van der Waals surface area contributed by atoms with Crippen molar-refractivity contribution < 1.29 is 27.7 Å². The predicted molar refractivity (Wildman–Crippen MR) is 127 cm³/mol. The third-order valence-electron chi connectivity index (χ3n) is 5.01. The zero-order chi connectivity index (χ0) is 25.5. The van der Waals surface area contributed by atoms with Crippen molar-refractivity contribution in [3.8, 4) is 5.75 Å². The van der Waals surface area contributed by atoms with E-state index in [1.54, 1.807) is 38.1 Å². The first-order chi connectivity index (χ1) is 16.0. The summed E-state index contributed by atoms with van der Waals surface area (Å²) in [6, 6.07) is 11.0. The molecule has 11 nitrogen and oxygen atoms in total. The Bertz CT molecular complexity index is 1150. The Hall–Kier alpha value is -3.67. The first kappa shape index (κ1) is 26.6. The summed E-state index contributed by atoms with van der Waals surface area (Å²) in [5, 5.41) is 13.8. The maximum Gasteiger partial charge on any atom is 0.271 e. The van der Waals surface area contributed by atoms with Crippen LogP contribution in [0.1, 0.15) is 19.4 Å². The average Bonchev–Trinajstić information content (AvgIpc) is 2.80. The van der Waals surface area contributed by atoms with Crippen molar-refractivity contribution in [3.05, 3.63) is 64.2 Å². The number of carbonyl (C=O) groups excluding carboxylic acids is 2. The van der Waals surface area contributed by atoms with E-state index < -0.39 is 39.3 Å². The van der Waals surface area contributed by atoms with Gasteiger partial charge in [0.1, 0.15) is 18.3 Å². The van der Waals surface area contributed by atoms with Gasteiger partial charge in [-0.2, -0.15) is 0 Å². The molecule has 2 aromatic rings. The molecule has 0 heterocycles. The first-order valence-corrected chi connectivity index (χ1v) is 12.2. The van der Waals surface area contributed by atoms with Gasteiger partial charge in [0.05, 0.1) is 24.0 Å². The minimum atomic E-state index is -3.99.